The van der Waals surface area contributed by atoms with Gasteiger partial charge in [0.05, 0.1) is 0 Å². The third-order valence-corrected chi connectivity index (χ3v) is 7.21. The molecule has 2 rings (SSSR count). The molecular weight excluding hydrogens is 380 g/mol. The molecule has 5 heteroatoms. The molecule has 1 unspecified atom stereocenters. The minimum atomic E-state index is 0. The zero-order valence-corrected chi connectivity index (χ0v) is 17.1. The zero-order chi connectivity index (χ0) is 13.0. The van der Waals surface area contributed by atoms with E-state index in [9.17, 15) is 0 Å². The van der Waals surface area contributed by atoms with Crippen LogP contribution in [0, 0.1) is 0 Å². The molecule has 0 amide bonds. The number of rotatable bonds is 5. The smallest absolute Gasteiger partial charge is 1.00 e. The van der Waals surface area contributed by atoms with Gasteiger partial charge in [-0.15, -0.1) is 0 Å². The third-order valence-electron chi connectivity index (χ3n) is 3.16. The topological polar surface area (TPSA) is 0 Å². The molecule has 0 aliphatic heterocycles. The van der Waals surface area contributed by atoms with Crippen LogP contribution in [-0.4, -0.2) is 19.5 Å². The summed E-state index contributed by atoms with van der Waals surface area (Å²) in [6.07, 6.45) is 9.39. The van der Waals surface area contributed by atoms with Crippen LogP contribution < -0.4 is 37.2 Å². The van der Waals surface area contributed by atoms with Gasteiger partial charge in [-0.1, -0.05) is 0 Å². The van der Waals surface area contributed by atoms with Gasteiger partial charge in [-0.05, 0) is 0 Å². The Balaban J connectivity index is 0. The van der Waals surface area contributed by atoms with E-state index >= 15 is 0 Å². The van der Waals surface area contributed by atoms with Crippen LogP contribution in [0.2, 0.25) is 0 Å². The molecular formula is C16H21Cl3PV. The Morgan fingerprint density at radius 1 is 1.10 bits per heavy atom. The third kappa shape index (κ3) is 7.13. The van der Waals surface area contributed by atoms with Crippen molar-refractivity contribution >= 4 is 7.92 Å². The average molecular weight is 402 g/mol. The van der Waals surface area contributed by atoms with E-state index in [1.54, 1.807) is 4.28 Å². The molecule has 0 bridgehead atoms. The fourth-order valence-corrected chi connectivity index (χ4v) is 7.56. The first kappa shape index (κ1) is 23.8. The monoisotopic (exact) mass is 400 g/mol. The van der Waals surface area contributed by atoms with Crippen LogP contribution in [0.5, 0.6) is 0 Å². The Labute approximate surface area is 156 Å². The van der Waals surface area contributed by atoms with E-state index in [0.29, 0.717) is 4.13 Å². The molecule has 0 radical (unpaired) electrons. The summed E-state index contributed by atoms with van der Waals surface area (Å²) in [5, 5.41) is 0. The summed E-state index contributed by atoms with van der Waals surface area (Å²) >= 11 is 0.240. The molecule has 0 fully saturated rings. The molecule has 1 atom stereocenters. The summed E-state index contributed by atoms with van der Waals surface area (Å²) in [6.45, 7) is 7.28. The van der Waals surface area contributed by atoms with Gasteiger partial charge in [0.2, 0.25) is 0 Å². The molecule has 21 heavy (non-hydrogen) atoms. The summed E-state index contributed by atoms with van der Waals surface area (Å²) < 4.78 is 2.07. The normalized spacial score (nSPS) is 15.0. The second-order valence-electron chi connectivity index (χ2n) is 5.28. The molecule has 0 aromatic heterocycles. The molecule has 0 heterocycles. The van der Waals surface area contributed by atoms with Crippen LogP contribution in [0.4, 0.5) is 0 Å². The van der Waals surface area contributed by atoms with E-state index < -0.39 is 0 Å². The fourth-order valence-electron chi connectivity index (χ4n) is 2.44. The molecule has 1 aromatic rings. The first-order valence-electron chi connectivity index (χ1n) is 6.39. The van der Waals surface area contributed by atoms with Crippen molar-refractivity contribution in [2.75, 3.05) is 19.5 Å². The Morgan fingerprint density at radius 2 is 1.71 bits per heavy atom. The molecule has 0 saturated carbocycles. The van der Waals surface area contributed by atoms with Gasteiger partial charge in [0, 0.05) is 0 Å². The van der Waals surface area contributed by atoms with Crippen LogP contribution in [0.25, 0.3) is 0 Å². The quantitative estimate of drug-likeness (QED) is 0.437. The van der Waals surface area contributed by atoms with Gasteiger partial charge in [-0.25, -0.2) is 0 Å². The maximum absolute atomic E-state index is 2.48. The second kappa shape index (κ2) is 11.2. The summed E-state index contributed by atoms with van der Waals surface area (Å²) in [4.78, 5) is 0. The van der Waals surface area contributed by atoms with E-state index in [1.807, 2.05) is 0 Å². The molecule has 0 N–H and O–H groups in total. The van der Waals surface area contributed by atoms with Crippen molar-refractivity contribution in [1.29, 1.82) is 0 Å². The van der Waals surface area contributed by atoms with Gasteiger partial charge in [-0.2, -0.15) is 0 Å². The molecule has 0 spiro atoms. The van der Waals surface area contributed by atoms with Crippen molar-refractivity contribution in [3.05, 3.63) is 58.4 Å². The standard InChI is InChI=1S/C11H16P.C5H5.3ClH.V/c1-10(9-12(2)3)11-7-5-4-6-8-11;1-2-4-5-3-1;;;;/h4-8H,9H2,1-3H3;1-3H,4H2;3*1H;/q;;;;;+3/p-3. The molecule has 0 nitrogen and oxygen atoms in total. The van der Waals surface area contributed by atoms with E-state index in [-0.39, 0.29) is 61.4 Å². The largest absolute Gasteiger partial charge is 1.00 e. The minimum Gasteiger partial charge on any atom is -1.00 e. The van der Waals surface area contributed by atoms with Crippen LogP contribution in [0.3, 0.4) is 0 Å². The van der Waals surface area contributed by atoms with Gasteiger partial charge in [0.25, 0.3) is 0 Å². The van der Waals surface area contributed by atoms with Crippen molar-refractivity contribution in [2.24, 2.45) is 0 Å². The van der Waals surface area contributed by atoms with Crippen LogP contribution in [0.15, 0.2) is 52.8 Å². The van der Waals surface area contributed by atoms with Crippen molar-refractivity contribution in [1.82, 2.24) is 0 Å². The Hall–Kier alpha value is 0.584. The molecule has 116 valence electrons. The van der Waals surface area contributed by atoms with Crippen molar-refractivity contribution < 1.29 is 53.5 Å². The first-order chi connectivity index (χ1) is 8.60. The summed E-state index contributed by atoms with van der Waals surface area (Å²) in [5.41, 5.74) is 1.54. The number of allylic oxidation sites excluding steroid dienone is 4. The Morgan fingerprint density at radius 3 is 2.19 bits per heavy atom. The van der Waals surface area contributed by atoms with Crippen molar-refractivity contribution in [2.45, 2.75) is 17.5 Å². The van der Waals surface area contributed by atoms with Crippen molar-refractivity contribution in [3.8, 4) is 0 Å². The fraction of sp³-hybridized carbons (Fsp3) is 0.375. The summed E-state index contributed by atoms with van der Waals surface area (Å²) in [6, 6.07) is 11.1. The van der Waals surface area contributed by atoms with E-state index in [0.717, 1.165) is 0 Å². The average Bonchev–Trinajstić information content (AvgIpc) is 2.81. The molecule has 1 aromatic carbocycles. The summed E-state index contributed by atoms with van der Waals surface area (Å²) in [5.74, 6) is 0. The number of hydrogen-bond donors (Lipinski definition) is 0. The number of hydrogen-bond acceptors (Lipinski definition) is 0. The Kier molecular flexibility index (Phi) is 12.7. The maximum Gasteiger partial charge on any atom is -1.00 e. The predicted octanol–water partition coefficient (Wildman–Crippen LogP) is -4.42. The predicted molar refractivity (Wildman–Crippen MR) is 79.3 cm³/mol. The van der Waals surface area contributed by atoms with Crippen LogP contribution in [-0.2, 0) is 20.4 Å². The van der Waals surface area contributed by atoms with Gasteiger partial charge < -0.3 is 37.2 Å². The van der Waals surface area contributed by atoms with Crippen LogP contribution in [0.1, 0.15) is 18.9 Å². The molecule has 1 aliphatic rings. The first-order valence-corrected chi connectivity index (χ1v) is 10.2. The SMILES string of the molecule is CP(C)C[C](C)([V+3][C]1=CC=CC1)c1ccccc1.[Cl-].[Cl-].[Cl-]. The van der Waals surface area contributed by atoms with Gasteiger partial charge >= 0.3 is 120 Å². The number of halogens is 3. The van der Waals surface area contributed by atoms with Crippen molar-refractivity contribution in [3.63, 3.8) is 0 Å². The number of benzene rings is 1. The zero-order valence-electron chi connectivity index (χ0n) is 12.6. The van der Waals surface area contributed by atoms with Gasteiger partial charge in [0.15, 0.2) is 0 Å². The maximum atomic E-state index is 2.48. The minimum absolute atomic E-state index is 0. The summed E-state index contributed by atoms with van der Waals surface area (Å²) in [7, 11) is 0.144. The molecule has 0 saturated heterocycles. The van der Waals surface area contributed by atoms with Gasteiger partial charge in [0.1, 0.15) is 0 Å². The second-order valence-corrected chi connectivity index (χ2v) is 10.5. The Bertz CT molecular complexity index is 460. The van der Waals surface area contributed by atoms with E-state index in [1.165, 1.54) is 18.1 Å². The van der Waals surface area contributed by atoms with E-state index in [4.69, 9.17) is 0 Å². The molecule has 1 aliphatic carbocycles. The van der Waals surface area contributed by atoms with Crippen LogP contribution >= 0.6 is 7.92 Å². The van der Waals surface area contributed by atoms with Gasteiger partial charge in [-0.3, -0.25) is 0 Å². The van der Waals surface area contributed by atoms with E-state index in [2.05, 4.69) is 68.8 Å².